The quantitative estimate of drug-likeness (QED) is 0.778. The second-order valence-electron chi connectivity index (χ2n) is 7.04. The van der Waals surface area contributed by atoms with Crippen molar-refractivity contribution in [3.63, 3.8) is 0 Å². The zero-order valence-corrected chi connectivity index (χ0v) is 15.1. The molecule has 24 heavy (non-hydrogen) atoms. The van der Waals surface area contributed by atoms with Crippen molar-refractivity contribution in [1.82, 2.24) is 9.80 Å². The summed E-state index contributed by atoms with van der Waals surface area (Å²) in [6, 6.07) is 9.90. The van der Waals surface area contributed by atoms with Gasteiger partial charge in [-0.15, -0.1) is 0 Å². The largest absolute Gasteiger partial charge is 0.378 e. The molecule has 0 radical (unpaired) electrons. The van der Waals surface area contributed by atoms with Gasteiger partial charge in [0.15, 0.2) is 0 Å². The molecular formula is C19H28N2O3. The minimum atomic E-state index is -1.07. The maximum absolute atomic E-state index is 13.1. The normalized spacial score (nSPS) is 15.5. The van der Waals surface area contributed by atoms with E-state index in [4.69, 9.17) is 4.74 Å². The van der Waals surface area contributed by atoms with Crippen LogP contribution in [-0.2, 0) is 20.9 Å². The fraction of sp³-hybridized carbons (Fsp3) is 0.579. The van der Waals surface area contributed by atoms with E-state index in [-0.39, 0.29) is 17.9 Å². The number of benzene rings is 1. The van der Waals surface area contributed by atoms with Gasteiger partial charge in [0.2, 0.25) is 11.8 Å². The number of hydrogen-bond acceptors (Lipinski definition) is 3. The van der Waals surface area contributed by atoms with Crippen LogP contribution in [0.4, 0.5) is 0 Å². The van der Waals surface area contributed by atoms with Gasteiger partial charge in [0.1, 0.15) is 5.41 Å². The van der Waals surface area contributed by atoms with Crippen LogP contribution in [0.2, 0.25) is 0 Å². The van der Waals surface area contributed by atoms with E-state index in [1.165, 1.54) is 0 Å². The molecule has 2 amide bonds. The topological polar surface area (TPSA) is 49.9 Å². The molecule has 1 aliphatic heterocycles. The fourth-order valence-electron chi connectivity index (χ4n) is 2.88. The van der Waals surface area contributed by atoms with Gasteiger partial charge in [-0.25, -0.2) is 0 Å². The van der Waals surface area contributed by atoms with Crippen molar-refractivity contribution >= 4 is 11.8 Å². The van der Waals surface area contributed by atoms with Crippen molar-refractivity contribution < 1.29 is 14.3 Å². The van der Waals surface area contributed by atoms with Gasteiger partial charge < -0.3 is 14.5 Å². The average molecular weight is 332 g/mol. The molecule has 1 aromatic rings. The third-order valence-corrected chi connectivity index (χ3v) is 4.45. The molecule has 0 N–H and O–H groups in total. The molecule has 2 rings (SSSR count). The van der Waals surface area contributed by atoms with Gasteiger partial charge in [-0.1, -0.05) is 30.3 Å². The Hall–Kier alpha value is -1.88. The highest BCUT2D eigenvalue weighted by atomic mass is 16.5. The number of morpholine rings is 1. The third kappa shape index (κ3) is 4.15. The van der Waals surface area contributed by atoms with Crippen LogP contribution in [-0.4, -0.2) is 54.0 Å². The van der Waals surface area contributed by atoms with Gasteiger partial charge in [0, 0.05) is 25.7 Å². The molecule has 0 aliphatic carbocycles. The number of nitrogens with zero attached hydrogens (tertiary/aromatic N) is 2. The lowest BCUT2D eigenvalue weighted by Crippen LogP contribution is -2.54. The van der Waals surface area contributed by atoms with E-state index in [0.29, 0.717) is 32.8 Å². The van der Waals surface area contributed by atoms with Crippen LogP contribution in [0.15, 0.2) is 30.3 Å². The number of carbonyl (C=O) groups is 2. The summed E-state index contributed by atoms with van der Waals surface area (Å²) in [6.45, 7) is 10.1. The van der Waals surface area contributed by atoms with Crippen LogP contribution in [0.5, 0.6) is 0 Å². The predicted octanol–water partition coefficient (Wildman–Crippen LogP) is 2.31. The van der Waals surface area contributed by atoms with Crippen molar-refractivity contribution in [2.45, 2.75) is 40.3 Å². The highest BCUT2D eigenvalue weighted by molar-refractivity contribution is 6.04. The van der Waals surface area contributed by atoms with Crippen molar-refractivity contribution in [3.05, 3.63) is 35.9 Å². The van der Waals surface area contributed by atoms with E-state index in [1.54, 1.807) is 23.6 Å². The molecule has 5 heteroatoms. The first-order valence-electron chi connectivity index (χ1n) is 8.56. The van der Waals surface area contributed by atoms with Gasteiger partial charge in [-0.3, -0.25) is 9.59 Å². The van der Waals surface area contributed by atoms with Crippen molar-refractivity contribution in [1.29, 1.82) is 0 Å². The SMILES string of the molecule is CC(C)N(Cc1ccccc1)C(=O)C(C)(C)C(=O)N1CCOCC1. The number of ether oxygens (including phenoxy) is 1. The Morgan fingerprint density at radius 3 is 2.29 bits per heavy atom. The van der Waals surface area contributed by atoms with Crippen molar-refractivity contribution in [2.24, 2.45) is 5.41 Å². The average Bonchev–Trinajstić information content (AvgIpc) is 2.59. The van der Waals surface area contributed by atoms with E-state index in [9.17, 15) is 9.59 Å². The Bertz CT molecular complexity index is 563. The number of hydrogen-bond donors (Lipinski definition) is 0. The van der Waals surface area contributed by atoms with Gasteiger partial charge in [-0.2, -0.15) is 0 Å². The smallest absolute Gasteiger partial charge is 0.238 e. The summed E-state index contributed by atoms with van der Waals surface area (Å²) in [6.07, 6.45) is 0. The molecule has 5 nitrogen and oxygen atoms in total. The lowest BCUT2D eigenvalue weighted by atomic mass is 9.88. The summed E-state index contributed by atoms with van der Waals surface area (Å²) >= 11 is 0. The summed E-state index contributed by atoms with van der Waals surface area (Å²) < 4.78 is 5.30. The molecule has 1 fully saturated rings. The Labute approximate surface area is 144 Å². The standard InChI is InChI=1S/C19H28N2O3/c1-15(2)21(14-16-8-6-5-7-9-16)18(23)19(3,4)17(22)20-10-12-24-13-11-20/h5-9,15H,10-14H2,1-4H3. The summed E-state index contributed by atoms with van der Waals surface area (Å²) in [4.78, 5) is 29.5. The molecule has 0 atom stereocenters. The fourth-order valence-corrected chi connectivity index (χ4v) is 2.88. The molecule has 0 saturated carbocycles. The zero-order chi connectivity index (χ0) is 17.7. The Balaban J connectivity index is 2.16. The molecule has 1 heterocycles. The van der Waals surface area contributed by atoms with E-state index in [1.807, 2.05) is 44.2 Å². The first kappa shape index (κ1) is 18.5. The first-order valence-corrected chi connectivity index (χ1v) is 8.56. The lowest BCUT2D eigenvalue weighted by molar-refractivity contribution is -0.157. The van der Waals surface area contributed by atoms with Crippen LogP contribution in [0.25, 0.3) is 0 Å². The minimum absolute atomic E-state index is 0.0227. The molecule has 1 saturated heterocycles. The zero-order valence-electron chi connectivity index (χ0n) is 15.1. The second-order valence-corrected chi connectivity index (χ2v) is 7.04. The summed E-state index contributed by atoms with van der Waals surface area (Å²) in [7, 11) is 0. The van der Waals surface area contributed by atoms with Gasteiger partial charge in [-0.05, 0) is 33.3 Å². The van der Waals surface area contributed by atoms with Crippen molar-refractivity contribution in [2.75, 3.05) is 26.3 Å². The summed E-state index contributed by atoms with van der Waals surface area (Å²) in [5, 5.41) is 0. The third-order valence-electron chi connectivity index (χ3n) is 4.45. The van der Waals surface area contributed by atoms with Crippen molar-refractivity contribution in [3.8, 4) is 0 Å². The predicted molar refractivity (Wildman–Crippen MR) is 93.3 cm³/mol. The van der Waals surface area contributed by atoms with Crippen LogP contribution in [0.1, 0.15) is 33.3 Å². The minimum Gasteiger partial charge on any atom is -0.378 e. The summed E-state index contributed by atoms with van der Waals surface area (Å²) in [5.41, 5.74) is -0.00898. The van der Waals surface area contributed by atoms with E-state index in [2.05, 4.69) is 0 Å². The molecule has 1 aliphatic rings. The molecule has 0 bridgehead atoms. The Morgan fingerprint density at radius 2 is 1.75 bits per heavy atom. The monoisotopic (exact) mass is 332 g/mol. The highest BCUT2D eigenvalue weighted by Gasteiger charge is 2.42. The van der Waals surface area contributed by atoms with Gasteiger partial charge in [0.25, 0.3) is 0 Å². The molecule has 0 aromatic heterocycles. The number of amides is 2. The van der Waals surface area contributed by atoms with E-state index < -0.39 is 5.41 Å². The second kappa shape index (κ2) is 7.79. The Morgan fingerprint density at radius 1 is 1.17 bits per heavy atom. The van der Waals surface area contributed by atoms with Crippen LogP contribution >= 0.6 is 0 Å². The summed E-state index contributed by atoms with van der Waals surface area (Å²) in [5.74, 6) is -0.243. The molecule has 132 valence electrons. The molecule has 0 unspecified atom stereocenters. The number of carbonyl (C=O) groups excluding carboxylic acids is 2. The Kier molecular flexibility index (Phi) is 5.99. The first-order chi connectivity index (χ1) is 11.3. The number of rotatable bonds is 5. The van der Waals surface area contributed by atoms with Gasteiger partial charge in [0.05, 0.1) is 13.2 Å². The molecular weight excluding hydrogens is 304 g/mol. The van der Waals surface area contributed by atoms with Gasteiger partial charge >= 0.3 is 0 Å². The highest BCUT2D eigenvalue weighted by Crippen LogP contribution is 2.25. The maximum Gasteiger partial charge on any atom is 0.238 e. The maximum atomic E-state index is 13.1. The van der Waals surface area contributed by atoms with E-state index >= 15 is 0 Å². The van der Waals surface area contributed by atoms with Crippen LogP contribution in [0, 0.1) is 5.41 Å². The van der Waals surface area contributed by atoms with E-state index in [0.717, 1.165) is 5.56 Å². The molecule has 0 spiro atoms. The van der Waals surface area contributed by atoms with Crippen LogP contribution < -0.4 is 0 Å². The lowest BCUT2D eigenvalue weighted by Gasteiger charge is -2.38. The molecule has 1 aromatic carbocycles. The van der Waals surface area contributed by atoms with Crippen LogP contribution in [0.3, 0.4) is 0 Å².